The van der Waals surface area contributed by atoms with Crippen molar-refractivity contribution in [3.8, 4) is 0 Å². The third-order valence-corrected chi connectivity index (χ3v) is 2.76. The summed E-state index contributed by atoms with van der Waals surface area (Å²) in [6.45, 7) is 8.91. The molecule has 0 aromatic heterocycles. The van der Waals surface area contributed by atoms with Gasteiger partial charge in [0, 0.05) is 0 Å². The Morgan fingerprint density at radius 1 is 1.20 bits per heavy atom. The van der Waals surface area contributed by atoms with E-state index in [4.69, 9.17) is 5.73 Å². The maximum absolute atomic E-state index is 11.5. The molecule has 0 rings (SSSR count). The van der Waals surface area contributed by atoms with Crippen LogP contribution in [0, 0.1) is 0 Å². The van der Waals surface area contributed by atoms with Gasteiger partial charge in [-0.2, -0.15) is 0 Å². The lowest BCUT2D eigenvalue weighted by Gasteiger charge is -2.26. The van der Waals surface area contributed by atoms with Crippen LogP contribution in [0.2, 0.25) is 0 Å². The number of ketones is 1. The molecule has 86 valence electrons. The highest BCUT2D eigenvalue weighted by Crippen LogP contribution is 2.20. The van der Waals surface area contributed by atoms with Crippen LogP contribution in [-0.4, -0.2) is 11.3 Å². The van der Waals surface area contributed by atoms with Crippen molar-refractivity contribution in [3.63, 3.8) is 0 Å². The van der Waals surface area contributed by atoms with E-state index in [1.165, 1.54) is 0 Å². The molecule has 0 atom stereocenters. The van der Waals surface area contributed by atoms with E-state index < -0.39 is 5.54 Å². The maximum Gasteiger partial charge on any atom is 0.149 e. The number of Topliss-reactive ketones (excluding diaryl/α,β-unsaturated/α-hetero) is 1. The van der Waals surface area contributed by atoms with Gasteiger partial charge in [-0.05, 0) is 45.4 Å². The molecular weight excluding hydrogens is 186 g/mol. The number of rotatable bonds is 9. The molecule has 0 saturated heterocycles. The first-order chi connectivity index (χ1) is 7.06. The summed E-state index contributed by atoms with van der Waals surface area (Å²) in [6.07, 6.45) is 8.97. The van der Waals surface area contributed by atoms with Crippen LogP contribution in [0.5, 0.6) is 0 Å². The fourth-order valence-corrected chi connectivity index (χ4v) is 1.60. The number of nitrogens with two attached hydrogens (primary N) is 1. The van der Waals surface area contributed by atoms with E-state index in [-0.39, 0.29) is 5.78 Å². The molecule has 0 aliphatic carbocycles. The van der Waals surface area contributed by atoms with Crippen LogP contribution in [0.1, 0.15) is 45.4 Å². The molecule has 0 radical (unpaired) electrons. The number of unbranched alkanes of at least 4 members (excludes halogenated alkanes) is 2. The van der Waals surface area contributed by atoms with E-state index in [9.17, 15) is 4.79 Å². The molecule has 0 saturated carbocycles. The average Bonchev–Trinajstić information content (AvgIpc) is 2.18. The first-order valence-corrected chi connectivity index (χ1v) is 5.58. The Labute approximate surface area is 93.2 Å². The highest BCUT2D eigenvalue weighted by Gasteiger charge is 2.28. The summed E-state index contributed by atoms with van der Waals surface area (Å²) in [7, 11) is 0. The van der Waals surface area contributed by atoms with Crippen LogP contribution < -0.4 is 5.73 Å². The zero-order valence-electron chi connectivity index (χ0n) is 9.80. The smallest absolute Gasteiger partial charge is 0.149 e. The highest BCUT2D eigenvalue weighted by molar-refractivity contribution is 5.85. The lowest BCUT2D eigenvalue weighted by molar-refractivity contribution is -0.122. The summed E-state index contributed by atoms with van der Waals surface area (Å²) >= 11 is 0. The van der Waals surface area contributed by atoms with Gasteiger partial charge in [-0.25, -0.2) is 0 Å². The second-order valence-corrected chi connectivity index (χ2v) is 4.07. The molecular formula is C13H23NO. The van der Waals surface area contributed by atoms with Crippen molar-refractivity contribution in [3.05, 3.63) is 25.3 Å². The van der Waals surface area contributed by atoms with E-state index in [1.54, 1.807) is 6.92 Å². The number of allylic oxidation sites excluding steroid dienone is 2. The van der Waals surface area contributed by atoms with Crippen molar-refractivity contribution < 1.29 is 4.79 Å². The third kappa shape index (κ3) is 5.53. The molecule has 0 heterocycles. The standard InChI is InChI=1S/C13H23NO/c1-4-6-8-10-13(14,12(3)15)11-9-7-5-2/h4-5H,1-2,6-11,14H2,3H3. The average molecular weight is 209 g/mol. The van der Waals surface area contributed by atoms with Crippen LogP contribution in [0.4, 0.5) is 0 Å². The predicted octanol–water partition coefficient (Wildman–Crippen LogP) is 2.99. The maximum atomic E-state index is 11.5. The Hall–Kier alpha value is -0.890. The molecule has 15 heavy (non-hydrogen) atoms. The molecule has 0 bridgehead atoms. The van der Waals surface area contributed by atoms with Gasteiger partial charge < -0.3 is 5.73 Å². The quantitative estimate of drug-likeness (QED) is 0.468. The van der Waals surface area contributed by atoms with E-state index >= 15 is 0 Å². The largest absolute Gasteiger partial charge is 0.319 e. The Balaban J connectivity index is 4.12. The zero-order chi connectivity index (χ0) is 11.7. The van der Waals surface area contributed by atoms with Crippen molar-refractivity contribution in [1.82, 2.24) is 0 Å². The summed E-state index contributed by atoms with van der Waals surface area (Å²) in [4.78, 5) is 11.5. The van der Waals surface area contributed by atoms with Crippen molar-refractivity contribution in [2.45, 2.75) is 51.0 Å². The molecule has 0 aliphatic heterocycles. The molecule has 0 aromatic carbocycles. The minimum absolute atomic E-state index is 0.0932. The summed E-state index contributed by atoms with van der Waals surface area (Å²) in [5.74, 6) is 0.0932. The van der Waals surface area contributed by atoms with Gasteiger partial charge in [0.05, 0.1) is 5.54 Å². The molecule has 0 aliphatic rings. The summed E-state index contributed by atoms with van der Waals surface area (Å²) in [5, 5.41) is 0. The number of carbonyl (C=O) groups excluding carboxylic acids is 1. The monoisotopic (exact) mass is 209 g/mol. The second kappa shape index (κ2) is 7.41. The van der Waals surface area contributed by atoms with Crippen LogP contribution >= 0.6 is 0 Å². The van der Waals surface area contributed by atoms with Gasteiger partial charge in [-0.3, -0.25) is 4.79 Å². The molecule has 2 heteroatoms. The SMILES string of the molecule is C=CCCCC(N)(CCCC=C)C(C)=O. The number of carbonyl (C=O) groups is 1. The highest BCUT2D eigenvalue weighted by atomic mass is 16.1. The van der Waals surface area contributed by atoms with Gasteiger partial charge in [-0.15, -0.1) is 13.2 Å². The Morgan fingerprint density at radius 3 is 1.87 bits per heavy atom. The molecule has 0 aromatic rings. The lowest BCUT2D eigenvalue weighted by atomic mass is 9.85. The Kier molecular flexibility index (Phi) is 6.97. The van der Waals surface area contributed by atoms with E-state index in [0.29, 0.717) is 0 Å². The van der Waals surface area contributed by atoms with Crippen LogP contribution in [0.15, 0.2) is 25.3 Å². The summed E-state index contributed by atoms with van der Waals surface area (Å²) in [6, 6.07) is 0. The van der Waals surface area contributed by atoms with Gasteiger partial charge in [0.25, 0.3) is 0 Å². The topological polar surface area (TPSA) is 43.1 Å². The first kappa shape index (κ1) is 14.1. The van der Waals surface area contributed by atoms with Gasteiger partial charge in [-0.1, -0.05) is 12.2 Å². The van der Waals surface area contributed by atoms with Gasteiger partial charge >= 0.3 is 0 Å². The summed E-state index contributed by atoms with van der Waals surface area (Å²) < 4.78 is 0. The zero-order valence-corrected chi connectivity index (χ0v) is 9.80. The fourth-order valence-electron chi connectivity index (χ4n) is 1.60. The molecule has 0 spiro atoms. The van der Waals surface area contributed by atoms with Gasteiger partial charge in [0.2, 0.25) is 0 Å². The van der Waals surface area contributed by atoms with Crippen LogP contribution in [-0.2, 0) is 4.79 Å². The van der Waals surface area contributed by atoms with E-state index in [1.807, 2.05) is 12.2 Å². The number of hydrogen-bond acceptors (Lipinski definition) is 2. The normalized spacial score (nSPS) is 11.1. The minimum Gasteiger partial charge on any atom is -0.319 e. The van der Waals surface area contributed by atoms with Crippen molar-refractivity contribution in [1.29, 1.82) is 0 Å². The van der Waals surface area contributed by atoms with Gasteiger partial charge in [0.15, 0.2) is 0 Å². The lowest BCUT2D eigenvalue weighted by Crippen LogP contribution is -2.46. The van der Waals surface area contributed by atoms with Gasteiger partial charge in [0.1, 0.15) is 5.78 Å². The third-order valence-electron chi connectivity index (χ3n) is 2.76. The van der Waals surface area contributed by atoms with Crippen molar-refractivity contribution in [2.24, 2.45) is 5.73 Å². The second-order valence-electron chi connectivity index (χ2n) is 4.07. The Bertz CT molecular complexity index is 207. The summed E-state index contributed by atoms with van der Waals surface area (Å²) in [5.41, 5.74) is 5.47. The fraction of sp³-hybridized carbons (Fsp3) is 0.615. The van der Waals surface area contributed by atoms with Crippen LogP contribution in [0.25, 0.3) is 0 Å². The minimum atomic E-state index is -0.633. The van der Waals surface area contributed by atoms with Crippen LogP contribution in [0.3, 0.4) is 0 Å². The van der Waals surface area contributed by atoms with Crippen molar-refractivity contribution >= 4 is 5.78 Å². The molecule has 0 fully saturated rings. The van der Waals surface area contributed by atoms with E-state index in [2.05, 4.69) is 13.2 Å². The molecule has 0 unspecified atom stereocenters. The number of hydrogen-bond donors (Lipinski definition) is 1. The molecule has 0 amide bonds. The molecule has 2 nitrogen and oxygen atoms in total. The van der Waals surface area contributed by atoms with E-state index in [0.717, 1.165) is 38.5 Å². The first-order valence-electron chi connectivity index (χ1n) is 5.58. The molecule has 2 N–H and O–H groups in total. The Morgan fingerprint density at radius 2 is 1.60 bits per heavy atom. The predicted molar refractivity (Wildman–Crippen MR) is 65.7 cm³/mol. The van der Waals surface area contributed by atoms with Crippen molar-refractivity contribution in [2.75, 3.05) is 0 Å².